The molecule has 0 fully saturated rings. The van der Waals surface area contributed by atoms with E-state index in [9.17, 15) is 4.79 Å². The second-order valence-corrected chi connectivity index (χ2v) is 7.48. The molecular weight excluding hydrogens is 383 g/mol. The van der Waals surface area contributed by atoms with E-state index in [1.807, 2.05) is 49.4 Å². The molecule has 0 bridgehead atoms. The quantitative estimate of drug-likeness (QED) is 0.557. The molecule has 0 saturated heterocycles. The van der Waals surface area contributed by atoms with Crippen molar-refractivity contribution in [2.24, 2.45) is 4.99 Å². The first-order valence-corrected chi connectivity index (χ1v) is 9.29. The number of fused-ring (bicyclic) bond motifs is 3. The van der Waals surface area contributed by atoms with Crippen molar-refractivity contribution in [3.63, 3.8) is 0 Å². The number of benzene rings is 2. The first kappa shape index (κ1) is 18.0. The molecule has 1 aromatic heterocycles. The van der Waals surface area contributed by atoms with Crippen molar-refractivity contribution in [1.29, 1.82) is 0 Å². The van der Waals surface area contributed by atoms with Crippen LogP contribution in [0.25, 0.3) is 11.1 Å². The van der Waals surface area contributed by atoms with Gasteiger partial charge in [0.15, 0.2) is 5.76 Å². The number of aryl methyl sites for hydroxylation is 1. The first-order chi connectivity index (χ1) is 12.9. The van der Waals surface area contributed by atoms with E-state index in [1.165, 1.54) is 0 Å². The summed E-state index contributed by atoms with van der Waals surface area (Å²) in [6.45, 7) is 3.44. The zero-order valence-corrected chi connectivity index (χ0v) is 16.3. The second kappa shape index (κ2) is 6.95. The smallest absolute Gasteiger partial charge is 0.169 e. The van der Waals surface area contributed by atoms with Crippen molar-refractivity contribution in [2.75, 3.05) is 0 Å². The maximum atomic E-state index is 11.9. The summed E-state index contributed by atoms with van der Waals surface area (Å²) in [5.74, 6) is 0.637. The molecule has 2 heterocycles. The average molecular weight is 399 g/mol. The maximum absolute atomic E-state index is 11.9. The van der Waals surface area contributed by atoms with Crippen LogP contribution in [0.15, 0.2) is 52.0 Å². The zero-order valence-electron chi connectivity index (χ0n) is 14.8. The maximum Gasteiger partial charge on any atom is 0.169 e. The van der Waals surface area contributed by atoms with Gasteiger partial charge in [-0.1, -0.05) is 46.6 Å². The van der Waals surface area contributed by atoms with E-state index in [-0.39, 0.29) is 12.2 Å². The Kier molecular flexibility index (Phi) is 4.62. The molecule has 0 N–H and O–H groups in total. The van der Waals surface area contributed by atoms with Crippen LogP contribution in [0, 0.1) is 6.92 Å². The third-order valence-corrected chi connectivity index (χ3v) is 5.07. The first-order valence-electron chi connectivity index (χ1n) is 8.53. The highest BCUT2D eigenvalue weighted by Gasteiger charge is 2.31. The number of Topliss-reactive ketones (excluding diaryl/α,β-unsaturated/α-hetero) is 1. The fourth-order valence-electron chi connectivity index (χ4n) is 3.41. The van der Waals surface area contributed by atoms with Crippen LogP contribution in [-0.2, 0) is 4.79 Å². The molecule has 0 spiro atoms. The number of aliphatic imine (C=N–C) groups is 1. The minimum atomic E-state index is -0.449. The number of halogens is 2. The Labute approximate surface area is 166 Å². The fraction of sp³-hybridized carbons (Fsp3) is 0.190. The standard InChI is InChI=1S/C21H16Cl2N2O2/c1-11(26)9-18-21-19(12(2)25-27-21)16-8-7-15(23)10-17(16)20(24-18)13-3-5-14(22)6-4-13/h3-8,10,18H,9H2,1-2H3/t18-/m0/s1. The highest BCUT2D eigenvalue weighted by atomic mass is 35.5. The topological polar surface area (TPSA) is 55.5 Å². The summed E-state index contributed by atoms with van der Waals surface area (Å²) in [4.78, 5) is 16.8. The molecule has 0 aliphatic carbocycles. The second-order valence-electron chi connectivity index (χ2n) is 6.60. The van der Waals surface area contributed by atoms with Crippen molar-refractivity contribution in [3.8, 4) is 11.1 Å². The lowest BCUT2D eigenvalue weighted by atomic mass is 9.93. The van der Waals surface area contributed by atoms with Gasteiger partial charge in [0.1, 0.15) is 11.8 Å². The Morgan fingerprint density at radius 2 is 1.78 bits per heavy atom. The number of rotatable bonds is 3. The van der Waals surface area contributed by atoms with Gasteiger partial charge in [0, 0.05) is 27.6 Å². The zero-order chi connectivity index (χ0) is 19.1. The van der Waals surface area contributed by atoms with Gasteiger partial charge in [-0.05, 0) is 43.7 Å². The van der Waals surface area contributed by atoms with E-state index in [1.54, 1.807) is 6.92 Å². The molecule has 1 aliphatic heterocycles. The van der Waals surface area contributed by atoms with Gasteiger partial charge >= 0.3 is 0 Å². The molecule has 6 heteroatoms. The van der Waals surface area contributed by atoms with E-state index in [4.69, 9.17) is 32.7 Å². The summed E-state index contributed by atoms with van der Waals surface area (Å²) < 4.78 is 5.61. The Hall–Kier alpha value is -2.43. The van der Waals surface area contributed by atoms with E-state index in [0.717, 1.165) is 33.7 Å². The molecule has 1 aliphatic rings. The molecular formula is C21H16Cl2N2O2. The molecule has 0 amide bonds. The minimum absolute atomic E-state index is 0.0307. The Morgan fingerprint density at radius 3 is 2.48 bits per heavy atom. The molecule has 136 valence electrons. The van der Waals surface area contributed by atoms with E-state index in [0.29, 0.717) is 15.8 Å². The summed E-state index contributed by atoms with van der Waals surface area (Å²) in [5.41, 5.74) is 5.10. The van der Waals surface area contributed by atoms with Crippen LogP contribution in [0.1, 0.15) is 42.0 Å². The van der Waals surface area contributed by atoms with Crippen LogP contribution in [0.5, 0.6) is 0 Å². The normalized spacial score (nSPS) is 15.6. The van der Waals surface area contributed by atoms with Gasteiger partial charge in [-0.2, -0.15) is 0 Å². The van der Waals surface area contributed by atoms with Crippen LogP contribution >= 0.6 is 23.2 Å². The van der Waals surface area contributed by atoms with Crippen molar-refractivity contribution in [3.05, 3.63) is 75.1 Å². The molecule has 27 heavy (non-hydrogen) atoms. The average Bonchev–Trinajstić information content (AvgIpc) is 2.94. The Bertz CT molecular complexity index is 1070. The monoisotopic (exact) mass is 398 g/mol. The summed E-state index contributed by atoms with van der Waals surface area (Å²) >= 11 is 12.4. The van der Waals surface area contributed by atoms with Crippen molar-refractivity contribution < 1.29 is 9.32 Å². The summed E-state index contributed by atoms with van der Waals surface area (Å²) in [6.07, 6.45) is 0.237. The van der Waals surface area contributed by atoms with Crippen LogP contribution in [0.4, 0.5) is 0 Å². The van der Waals surface area contributed by atoms with Crippen molar-refractivity contribution in [2.45, 2.75) is 26.3 Å². The molecule has 0 saturated carbocycles. The number of carbonyl (C=O) groups is 1. The van der Waals surface area contributed by atoms with Crippen LogP contribution < -0.4 is 0 Å². The highest BCUT2D eigenvalue weighted by molar-refractivity contribution is 6.32. The number of aromatic nitrogens is 1. The van der Waals surface area contributed by atoms with E-state index < -0.39 is 6.04 Å². The lowest BCUT2D eigenvalue weighted by molar-refractivity contribution is -0.117. The summed E-state index contributed by atoms with van der Waals surface area (Å²) in [7, 11) is 0. The summed E-state index contributed by atoms with van der Waals surface area (Å²) in [6, 6.07) is 12.7. The largest absolute Gasteiger partial charge is 0.358 e. The third kappa shape index (κ3) is 3.31. The van der Waals surface area contributed by atoms with Gasteiger partial charge in [-0.25, -0.2) is 0 Å². The third-order valence-electron chi connectivity index (χ3n) is 4.58. The number of carbonyl (C=O) groups excluding carboxylic acids is 1. The van der Waals surface area contributed by atoms with Crippen molar-refractivity contribution >= 4 is 34.7 Å². The number of hydrogen-bond acceptors (Lipinski definition) is 4. The SMILES string of the molecule is CC(=O)C[C@@H]1N=C(c2ccc(Cl)cc2)c2cc(Cl)ccc2-c2c(C)noc21. The molecule has 1 atom stereocenters. The molecule has 3 aromatic rings. The molecule has 4 rings (SSSR count). The Balaban J connectivity index is 2.02. The van der Waals surface area contributed by atoms with Gasteiger partial charge in [0.25, 0.3) is 0 Å². The van der Waals surface area contributed by atoms with Gasteiger partial charge in [-0.15, -0.1) is 0 Å². The lowest BCUT2D eigenvalue weighted by Crippen LogP contribution is -2.07. The molecule has 4 nitrogen and oxygen atoms in total. The van der Waals surface area contributed by atoms with Crippen LogP contribution in [-0.4, -0.2) is 16.7 Å². The Morgan fingerprint density at radius 1 is 1.07 bits per heavy atom. The summed E-state index contributed by atoms with van der Waals surface area (Å²) in [5, 5.41) is 5.37. The lowest BCUT2D eigenvalue weighted by Gasteiger charge is -2.12. The molecule has 0 unspecified atom stereocenters. The van der Waals surface area contributed by atoms with Crippen molar-refractivity contribution in [1.82, 2.24) is 5.16 Å². The van der Waals surface area contributed by atoms with Gasteiger partial charge in [0.05, 0.1) is 17.0 Å². The predicted molar refractivity (Wildman–Crippen MR) is 107 cm³/mol. The minimum Gasteiger partial charge on any atom is -0.358 e. The van der Waals surface area contributed by atoms with Gasteiger partial charge < -0.3 is 4.52 Å². The van der Waals surface area contributed by atoms with E-state index >= 15 is 0 Å². The van der Waals surface area contributed by atoms with Gasteiger partial charge in [-0.3, -0.25) is 9.79 Å². The number of hydrogen-bond donors (Lipinski definition) is 0. The number of ketones is 1. The molecule has 0 radical (unpaired) electrons. The fourth-order valence-corrected chi connectivity index (χ4v) is 3.70. The van der Waals surface area contributed by atoms with Crippen LogP contribution in [0.3, 0.4) is 0 Å². The predicted octanol–water partition coefficient (Wildman–Crippen LogP) is 5.83. The van der Waals surface area contributed by atoms with E-state index in [2.05, 4.69) is 5.16 Å². The number of nitrogens with zero attached hydrogens (tertiary/aromatic N) is 2. The van der Waals surface area contributed by atoms with Gasteiger partial charge in [0.2, 0.25) is 0 Å². The van der Waals surface area contributed by atoms with Crippen LogP contribution in [0.2, 0.25) is 10.0 Å². The highest BCUT2D eigenvalue weighted by Crippen LogP contribution is 2.41. The molecule has 2 aromatic carbocycles.